The maximum absolute atomic E-state index is 14.1. The fraction of sp³-hybridized carbons (Fsp3) is 0.357. The first-order chi connectivity index (χ1) is 16.9. The summed E-state index contributed by atoms with van der Waals surface area (Å²) in [5.41, 5.74) is 6.67. The highest BCUT2D eigenvalue weighted by atomic mass is 19.1. The third-order valence-electron chi connectivity index (χ3n) is 7.39. The van der Waals surface area contributed by atoms with Gasteiger partial charge in [-0.3, -0.25) is 4.79 Å². The topological polar surface area (TPSA) is 58.4 Å². The monoisotopic (exact) mass is 477 g/mol. The number of carbonyl (C=O) groups is 1. The predicted molar refractivity (Wildman–Crippen MR) is 129 cm³/mol. The van der Waals surface area contributed by atoms with Crippen LogP contribution in [0.4, 0.5) is 8.78 Å². The van der Waals surface area contributed by atoms with Gasteiger partial charge in [0.1, 0.15) is 11.6 Å². The van der Waals surface area contributed by atoms with Crippen LogP contribution < -0.4 is 0 Å². The molecule has 3 aromatic rings. The van der Waals surface area contributed by atoms with Crippen LogP contribution in [-0.2, 0) is 17.8 Å². The second-order valence-corrected chi connectivity index (χ2v) is 9.55. The first-order valence-electron chi connectivity index (χ1n) is 12.1. The zero-order chi connectivity index (χ0) is 24.7. The van der Waals surface area contributed by atoms with Crippen molar-refractivity contribution in [3.05, 3.63) is 93.8 Å². The number of benzene rings is 2. The van der Waals surface area contributed by atoms with Crippen LogP contribution in [0.1, 0.15) is 48.1 Å². The molecular weight excluding hydrogens is 448 g/mol. The van der Waals surface area contributed by atoms with Crippen molar-refractivity contribution in [3.8, 4) is 5.69 Å². The Hall–Kier alpha value is -3.32. The molecule has 1 aromatic heterocycles. The molecule has 2 aliphatic rings. The summed E-state index contributed by atoms with van der Waals surface area (Å²) in [6.07, 6.45) is 4.12. The molecule has 0 radical (unpaired) electrons. The number of fused-ring (bicyclic) bond motifs is 1. The standard InChI is InChI=1S/C28H29F2N3O2/c1-17-3-4-19(13-25(17)30)16-32(11-12-34)28(35)23-10-5-20-14-26-24(18(2)27(20)23)15-31-33(26)22-8-6-21(29)7-9-22/h3-4,6-9,13,15,18,23,34H,5,10-12,14,16H2,1-2H3/t18-,23+/m0/s1. The Kier molecular flexibility index (Phi) is 6.28. The van der Waals surface area contributed by atoms with Gasteiger partial charge >= 0.3 is 0 Å². The van der Waals surface area contributed by atoms with E-state index < -0.39 is 0 Å². The summed E-state index contributed by atoms with van der Waals surface area (Å²) in [5, 5.41) is 14.2. The first-order valence-corrected chi connectivity index (χ1v) is 12.1. The number of aliphatic hydroxyl groups excluding tert-OH is 1. The van der Waals surface area contributed by atoms with Crippen LogP contribution in [0.3, 0.4) is 0 Å². The zero-order valence-corrected chi connectivity index (χ0v) is 20.0. The van der Waals surface area contributed by atoms with Crippen molar-refractivity contribution in [2.75, 3.05) is 13.2 Å². The Bertz CT molecular complexity index is 1300. The lowest BCUT2D eigenvalue weighted by Crippen LogP contribution is -2.38. The average molecular weight is 478 g/mol. The number of allylic oxidation sites excluding steroid dienone is 1. The van der Waals surface area contributed by atoms with E-state index in [0.717, 1.165) is 35.4 Å². The van der Waals surface area contributed by atoms with E-state index in [9.17, 15) is 18.7 Å². The Morgan fingerprint density at radius 3 is 2.69 bits per heavy atom. The number of hydrogen-bond acceptors (Lipinski definition) is 3. The van der Waals surface area contributed by atoms with E-state index in [2.05, 4.69) is 12.0 Å². The van der Waals surface area contributed by atoms with Crippen LogP contribution in [-0.4, -0.2) is 38.8 Å². The van der Waals surface area contributed by atoms with Gasteiger partial charge in [0.2, 0.25) is 5.91 Å². The van der Waals surface area contributed by atoms with Gasteiger partial charge in [-0.25, -0.2) is 13.5 Å². The fourth-order valence-corrected chi connectivity index (χ4v) is 5.58. The van der Waals surface area contributed by atoms with Crippen LogP contribution in [0, 0.1) is 24.5 Å². The number of aromatic nitrogens is 2. The third kappa shape index (κ3) is 4.29. The number of rotatable bonds is 6. The van der Waals surface area contributed by atoms with Gasteiger partial charge in [0.25, 0.3) is 0 Å². The summed E-state index contributed by atoms with van der Waals surface area (Å²) in [7, 11) is 0. The fourth-order valence-electron chi connectivity index (χ4n) is 5.58. The molecule has 1 heterocycles. The number of carbonyl (C=O) groups excluding carboxylic acids is 1. The van der Waals surface area contributed by atoms with Crippen LogP contribution in [0.15, 0.2) is 59.8 Å². The summed E-state index contributed by atoms with van der Waals surface area (Å²) in [5.74, 6) is -0.829. The van der Waals surface area contributed by atoms with Gasteiger partial charge in [-0.15, -0.1) is 0 Å². The van der Waals surface area contributed by atoms with Crippen molar-refractivity contribution >= 4 is 5.91 Å². The number of aryl methyl sites for hydroxylation is 1. The third-order valence-corrected chi connectivity index (χ3v) is 7.39. The van der Waals surface area contributed by atoms with E-state index in [-0.39, 0.29) is 49.1 Å². The lowest BCUT2D eigenvalue weighted by atomic mass is 9.79. The van der Waals surface area contributed by atoms with Gasteiger partial charge < -0.3 is 10.0 Å². The highest BCUT2D eigenvalue weighted by Gasteiger charge is 2.40. The highest BCUT2D eigenvalue weighted by molar-refractivity contribution is 5.83. The maximum Gasteiger partial charge on any atom is 0.230 e. The largest absolute Gasteiger partial charge is 0.395 e. The molecule has 35 heavy (non-hydrogen) atoms. The van der Waals surface area contributed by atoms with Crippen molar-refractivity contribution in [2.45, 2.75) is 45.6 Å². The molecule has 0 bridgehead atoms. The van der Waals surface area contributed by atoms with Gasteiger partial charge in [-0.1, -0.05) is 30.2 Å². The summed E-state index contributed by atoms with van der Waals surface area (Å²) in [6.45, 7) is 4.14. The Balaban J connectivity index is 1.41. The summed E-state index contributed by atoms with van der Waals surface area (Å²) < 4.78 is 29.4. The van der Waals surface area contributed by atoms with E-state index in [1.807, 2.05) is 16.9 Å². The van der Waals surface area contributed by atoms with Crippen LogP contribution in [0.25, 0.3) is 5.69 Å². The molecule has 5 nitrogen and oxygen atoms in total. The molecule has 1 N–H and O–H groups in total. The number of nitrogens with zero attached hydrogens (tertiary/aromatic N) is 3. The molecule has 0 saturated carbocycles. The summed E-state index contributed by atoms with van der Waals surface area (Å²) in [6, 6.07) is 11.3. The molecule has 2 aromatic carbocycles. The van der Waals surface area contributed by atoms with E-state index in [0.29, 0.717) is 17.5 Å². The minimum Gasteiger partial charge on any atom is -0.395 e. The lowest BCUT2D eigenvalue weighted by Gasteiger charge is -2.30. The van der Waals surface area contributed by atoms with E-state index >= 15 is 0 Å². The van der Waals surface area contributed by atoms with Crippen LogP contribution in [0.2, 0.25) is 0 Å². The predicted octanol–water partition coefficient (Wildman–Crippen LogP) is 4.85. The van der Waals surface area contributed by atoms with Gasteiger partial charge in [0.05, 0.1) is 30.1 Å². The van der Waals surface area contributed by atoms with E-state index in [1.165, 1.54) is 23.8 Å². The second kappa shape index (κ2) is 9.38. The minimum absolute atomic E-state index is 0.0220. The molecule has 0 saturated heterocycles. The van der Waals surface area contributed by atoms with Gasteiger partial charge in [0.15, 0.2) is 0 Å². The molecule has 1 amide bonds. The second-order valence-electron chi connectivity index (χ2n) is 9.55. The average Bonchev–Trinajstić information content (AvgIpc) is 3.46. The Morgan fingerprint density at radius 2 is 1.97 bits per heavy atom. The van der Waals surface area contributed by atoms with Gasteiger partial charge in [0, 0.05) is 31.0 Å². The molecule has 0 spiro atoms. The van der Waals surface area contributed by atoms with E-state index in [1.54, 1.807) is 30.0 Å². The Morgan fingerprint density at radius 1 is 1.20 bits per heavy atom. The Labute approximate surface area is 203 Å². The normalized spacial score (nSPS) is 19.0. The van der Waals surface area contributed by atoms with E-state index in [4.69, 9.17) is 0 Å². The SMILES string of the molecule is Cc1ccc(CN(CCO)C(=O)[C@@H]2CCC3=C2[C@@H](C)c2cnn(-c4ccc(F)cc4)c2C3)cc1F. The molecule has 5 rings (SSSR count). The van der Waals surface area contributed by atoms with Gasteiger partial charge in [-0.2, -0.15) is 5.10 Å². The maximum atomic E-state index is 14.1. The highest BCUT2D eigenvalue weighted by Crippen LogP contribution is 2.47. The van der Waals surface area contributed by atoms with Crippen molar-refractivity contribution in [1.29, 1.82) is 0 Å². The molecule has 2 atom stereocenters. The van der Waals surface area contributed by atoms with Gasteiger partial charge in [-0.05, 0) is 61.2 Å². The van der Waals surface area contributed by atoms with Crippen LogP contribution in [0.5, 0.6) is 0 Å². The molecular formula is C28H29F2N3O2. The number of hydrogen-bond donors (Lipinski definition) is 1. The zero-order valence-electron chi connectivity index (χ0n) is 20.0. The molecule has 7 heteroatoms. The van der Waals surface area contributed by atoms with Crippen molar-refractivity contribution in [1.82, 2.24) is 14.7 Å². The minimum atomic E-state index is -0.295. The lowest BCUT2D eigenvalue weighted by molar-refractivity contribution is -0.135. The smallest absolute Gasteiger partial charge is 0.230 e. The number of halogens is 2. The summed E-state index contributed by atoms with van der Waals surface area (Å²) in [4.78, 5) is 15.3. The van der Waals surface area contributed by atoms with Crippen molar-refractivity contribution < 1.29 is 18.7 Å². The summed E-state index contributed by atoms with van der Waals surface area (Å²) >= 11 is 0. The van der Waals surface area contributed by atoms with Crippen LogP contribution >= 0.6 is 0 Å². The molecule has 0 unspecified atom stereocenters. The quantitative estimate of drug-likeness (QED) is 0.517. The number of amides is 1. The van der Waals surface area contributed by atoms with Crippen molar-refractivity contribution in [2.24, 2.45) is 5.92 Å². The molecule has 182 valence electrons. The molecule has 0 aliphatic heterocycles. The number of aliphatic hydroxyl groups is 1. The molecule has 0 fully saturated rings. The van der Waals surface area contributed by atoms with Crippen molar-refractivity contribution in [3.63, 3.8) is 0 Å². The molecule has 2 aliphatic carbocycles. The first kappa shape index (κ1) is 23.4.